The molecule has 0 aliphatic heterocycles. The number of aliphatic hydroxyl groups is 1. The molecule has 21 heavy (non-hydrogen) atoms. The van der Waals surface area contributed by atoms with Crippen molar-refractivity contribution < 1.29 is 10.3 Å². The third-order valence-corrected chi connectivity index (χ3v) is 3.47. The summed E-state index contributed by atoms with van der Waals surface area (Å²) in [5, 5.41) is 21.4. The number of rotatable bonds is 10. The SMILES string of the molecule is CCCCCC(O)c1cccc(C=CCCCC=NO)c1. The zero-order chi connectivity index (χ0) is 15.3. The Labute approximate surface area is 128 Å². The number of oxime groups is 1. The maximum Gasteiger partial charge on any atom is 0.0790 e. The van der Waals surface area contributed by atoms with Crippen LogP contribution < -0.4 is 0 Å². The predicted molar refractivity (Wildman–Crippen MR) is 88.7 cm³/mol. The van der Waals surface area contributed by atoms with Gasteiger partial charge in [0.2, 0.25) is 0 Å². The van der Waals surface area contributed by atoms with Gasteiger partial charge in [0.15, 0.2) is 0 Å². The molecule has 0 amide bonds. The van der Waals surface area contributed by atoms with Gasteiger partial charge < -0.3 is 10.3 Å². The molecular weight excluding hydrogens is 262 g/mol. The number of hydrogen-bond donors (Lipinski definition) is 2. The van der Waals surface area contributed by atoms with Crippen molar-refractivity contribution in [2.24, 2.45) is 5.16 Å². The van der Waals surface area contributed by atoms with Gasteiger partial charge in [0.1, 0.15) is 0 Å². The van der Waals surface area contributed by atoms with Crippen molar-refractivity contribution in [2.75, 3.05) is 0 Å². The minimum atomic E-state index is -0.356. The Morgan fingerprint density at radius 2 is 2.05 bits per heavy atom. The highest BCUT2D eigenvalue weighted by Crippen LogP contribution is 2.21. The molecule has 0 spiro atoms. The maximum atomic E-state index is 10.2. The van der Waals surface area contributed by atoms with Gasteiger partial charge in [-0.1, -0.05) is 56.5 Å². The van der Waals surface area contributed by atoms with Gasteiger partial charge in [-0.25, -0.2) is 0 Å². The monoisotopic (exact) mass is 289 g/mol. The fourth-order valence-corrected chi connectivity index (χ4v) is 2.23. The van der Waals surface area contributed by atoms with Crippen LogP contribution in [0.4, 0.5) is 0 Å². The number of nitrogens with zero attached hydrogens (tertiary/aromatic N) is 1. The summed E-state index contributed by atoms with van der Waals surface area (Å²) in [6.45, 7) is 2.17. The van der Waals surface area contributed by atoms with Crippen LogP contribution in [0.5, 0.6) is 0 Å². The molecule has 0 bridgehead atoms. The van der Waals surface area contributed by atoms with Gasteiger partial charge in [-0.2, -0.15) is 0 Å². The van der Waals surface area contributed by atoms with Gasteiger partial charge >= 0.3 is 0 Å². The molecule has 0 aliphatic carbocycles. The Kier molecular flexibility index (Phi) is 9.21. The van der Waals surface area contributed by atoms with E-state index in [9.17, 15) is 5.11 Å². The molecule has 116 valence electrons. The van der Waals surface area contributed by atoms with E-state index in [4.69, 9.17) is 5.21 Å². The van der Waals surface area contributed by atoms with Gasteiger partial charge in [-0.3, -0.25) is 0 Å². The van der Waals surface area contributed by atoms with E-state index in [1.165, 1.54) is 19.1 Å². The molecule has 3 heteroatoms. The lowest BCUT2D eigenvalue weighted by Crippen LogP contribution is -1.97. The molecule has 0 radical (unpaired) electrons. The summed E-state index contributed by atoms with van der Waals surface area (Å²) in [5.41, 5.74) is 2.12. The van der Waals surface area contributed by atoms with Crippen molar-refractivity contribution in [3.8, 4) is 0 Å². The van der Waals surface area contributed by atoms with Crippen molar-refractivity contribution in [2.45, 2.75) is 58.0 Å². The van der Waals surface area contributed by atoms with E-state index in [-0.39, 0.29) is 6.10 Å². The molecule has 0 aliphatic rings. The first-order valence-electron chi connectivity index (χ1n) is 7.88. The molecule has 0 fully saturated rings. The Balaban J connectivity index is 2.45. The van der Waals surface area contributed by atoms with Gasteiger partial charge in [-0.05, 0) is 42.9 Å². The van der Waals surface area contributed by atoms with Crippen molar-refractivity contribution in [1.82, 2.24) is 0 Å². The second kappa shape index (κ2) is 11.1. The van der Waals surface area contributed by atoms with E-state index >= 15 is 0 Å². The van der Waals surface area contributed by atoms with Crippen LogP contribution in [0.3, 0.4) is 0 Å². The van der Waals surface area contributed by atoms with Crippen LogP contribution in [0, 0.1) is 0 Å². The third kappa shape index (κ3) is 7.66. The molecule has 0 aromatic heterocycles. The van der Waals surface area contributed by atoms with Gasteiger partial charge in [0.25, 0.3) is 0 Å². The molecule has 1 atom stereocenters. The van der Waals surface area contributed by atoms with Crippen LogP contribution in [0.2, 0.25) is 0 Å². The molecule has 1 aromatic carbocycles. The number of benzene rings is 1. The number of hydrogen-bond acceptors (Lipinski definition) is 3. The van der Waals surface area contributed by atoms with Crippen molar-refractivity contribution in [3.63, 3.8) is 0 Å². The highest BCUT2D eigenvalue weighted by molar-refractivity contribution is 5.56. The minimum absolute atomic E-state index is 0.356. The first-order chi connectivity index (χ1) is 10.3. The summed E-state index contributed by atoms with van der Waals surface area (Å²) in [7, 11) is 0. The van der Waals surface area contributed by atoms with E-state index in [1.54, 1.807) is 0 Å². The van der Waals surface area contributed by atoms with Crippen LogP contribution >= 0.6 is 0 Å². The van der Waals surface area contributed by atoms with Gasteiger partial charge in [0.05, 0.1) is 6.10 Å². The molecular formula is C18H27NO2. The molecule has 2 N–H and O–H groups in total. The van der Waals surface area contributed by atoms with Crippen molar-refractivity contribution in [1.29, 1.82) is 0 Å². The van der Waals surface area contributed by atoms with E-state index in [1.807, 2.05) is 18.2 Å². The Morgan fingerprint density at radius 3 is 2.81 bits per heavy atom. The lowest BCUT2D eigenvalue weighted by Gasteiger charge is -2.11. The fraction of sp³-hybridized carbons (Fsp3) is 0.500. The normalized spacial score (nSPS) is 13.2. The molecule has 1 aromatic rings. The minimum Gasteiger partial charge on any atom is -0.411 e. The summed E-state index contributed by atoms with van der Waals surface area (Å²) in [6, 6.07) is 8.10. The molecule has 3 nitrogen and oxygen atoms in total. The fourth-order valence-electron chi connectivity index (χ4n) is 2.23. The molecule has 0 saturated heterocycles. The van der Waals surface area contributed by atoms with Crippen LogP contribution in [-0.4, -0.2) is 16.5 Å². The smallest absolute Gasteiger partial charge is 0.0790 e. The van der Waals surface area contributed by atoms with Gasteiger partial charge in [0, 0.05) is 6.21 Å². The Morgan fingerprint density at radius 1 is 1.19 bits per heavy atom. The topological polar surface area (TPSA) is 52.8 Å². The summed E-state index contributed by atoms with van der Waals surface area (Å²) < 4.78 is 0. The zero-order valence-corrected chi connectivity index (χ0v) is 12.9. The quantitative estimate of drug-likeness (QED) is 0.277. The number of allylic oxidation sites excluding steroid dienone is 1. The van der Waals surface area contributed by atoms with Crippen molar-refractivity contribution in [3.05, 3.63) is 41.5 Å². The standard InChI is InChI=1S/C18H27NO2/c1-2-3-6-13-18(20)17-12-9-11-16(15-17)10-7-4-5-8-14-19-21/h7,9-12,14-15,18,20-21H,2-6,8,13H2,1H3. The summed E-state index contributed by atoms with van der Waals surface area (Å²) in [4.78, 5) is 0. The molecule has 0 saturated carbocycles. The summed E-state index contributed by atoms with van der Waals surface area (Å²) >= 11 is 0. The zero-order valence-electron chi connectivity index (χ0n) is 12.9. The van der Waals surface area contributed by atoms with Crippen LogP contribution in [0.1, 0.15) is 69.1 Å². The second-order valence-electron chi connectivity index (χ2n) is 5.31. The van der Waals surface area contributed by atoms with E-state index in [2.05, 4.69) is 30.3 Å². The second-order valence-corrected chi connectivity index (χ2v) is 5.31. The van der Waals surface area contributed by atoms with Crippen LogP contribution in [0.15, 0.2) is 35.5 Å². The summed E-state index contributed by atoms with van der Waals surface area (Å²) in [5.74, 6) is 0. The average molecular weight is 289 g/mol. The highest BCUT2D eigenvalue weighted by Gasteiger charge is 2.06. The van der Waals surface area contributed by atoms with Gasteiger partial charge in [-0.15, -0.1) is 5.16 Å². The largest absolute Gasteiger partial charge is 0.411 e. The molecule has 1 unspecified atom stereocenters. The van der Waals surface area contributed by atoms with Crippen LogP contribution in [0.25, 0.3) is 6.08 Å². The number of unbranched alkanes of at least 4 members (excludes halogenated alkanes) is 4. The lowest BCUT2D eigenvalue weighted by molar-refractivity contribution is 0.163. The highest BCUT2D eigenvalue weighted by atomic mass is 16.4. The van der Waals surface area contributed by atoms with Crippen LogP contribution in [-0.2, 0) is 0 Å². The first kappa shape index (κ1) is 17.4. The first-order valence-corrected chi connectivity index (χ1v) is 7.88. The lowest BCUT2D eigenvalue weighted by atomic mass is 10.0. The van der Waals surface area contributed by atoms with E-state index in [0.717, 1.165) is 43.2 Å². The molecule has 1 rings (SSSR count). The van der Waals surface area contributed by atoms with E-state index < -0.39 is 0 Å². The van der Waals surface area contributed by atoms with Crippen molar-refractivity contribution >= 4 is 12.3 Å². The Bertz CT molecular complexity index is 441. The Hall–Kier alpha value is -1.61. The average Bonchev–Trinajstić information content (AvgIpc) is 2.51. The summed E-state index contributed by atoms with van der Waals surface area (Å²) in [6.07, 6.45) is 12.3. The van der Waals surface area contributed by atoms with E-state index in [0.29, 0.717) is 0 Å². The number of aliphatic hydroxyl groups excluding tert-OH is 1. The predicted octanol–water partition coefficient (Wildman–Crippen LogP) is 4.94. The third-order valence-electron chi connectivity index (χ3n) is 3.47. The molecule has 0 heterocycles. The maximum absolute atomic E-state index is 10.2.